The van der Waals surface area contributed by atoms with E-state index in [1.54, 1.807) is 29.7 Å². The SMILES string of the molecule is NCCCCNCCCCNCCCN1C(=O)c2ccc3c4c(ccc(c24)C1=O)C(=O)N(CCCCCC(=O)NO)C3=O. The van der Waals surface area contributed by atoms with Crippen LogP contribution < -0.4 is 21.8 Å². The summed E-state index contributed by atoms with van der Waals surface area (Å²) in [6.45, 7) is 4.67. The molecule has 0 aliphatic carbocycles. The number of nitrogens with two attached hydrogens (primary N) is 1. The minimum absolute atomic E-state index is 0.149. The van der Waals surface area contributed by atoms with Crippen LogP contribution in [0.2, 0.25) is 0 Å². The van der Waals surface area contributed by atoms with E-state index in [9.17, 15) is 24.0 Å². The molecule has 0 saturated heterocycles. The van der Waals surface area contributed by atoms with E-state index >= 15 is 0 Å². The minimum Gasteiger partial charge on any atom is -0.330 e. The molecule has 0 radical (unpaired) electrons. The number of carbonyl (C=O) groups is 5. The number of hydrogen-bond acceptors (Lipinski definition) is 9. The number of nitrogens with zero attached hydrogens (tertiary/aromatic N) is 2. The molecule has 0 aromatic heterocycles. The lowest BCUT2D eigenvalue weighted by molar-refractivity contribution is -0.129. The zero-order chi connectivity index (χ0) is 30.8. The molecule has 0 spiro atoms. The highest BCUT2D eigenvalue weighted by Gasteiger charge is 2.39. The van der Waals surface area contributed by atoms with Crippen molar-refractivity contribution in [3.05, 3.63) is 46.5 Å². The summed E-state index contributed by atoms with van der Waals surface area (Å²) in [6, 6.07) is 6.29. The van der Waals surface area contributed by atoms with Gasteiger partial charge in [-0.05, 0) is 102 Å². The zero-order valence-electron chi connectivity index (χ0n) is 24.6. The van der Waals surface area contributed by atoms with Crippen LogP contribution >= 0.6 is 0 Å². The minimum atomic E-state index is -0.484. The number of hydrogen-bond donors (Lipinski definition) is 5. The second-order valence-corrected chi connectivity index (χ2v) is 11.0. The van der Waals surface area contributed by atoms with Crippen molar-refractivity contribution in [2.75, 3.05) is 45.8 Å². The lowest BCUT2D eigenvalue weighted by Crippen LogP contribution is -2.44. The van der Waals surface area contributed by atoms with Crippen molar-refractivity contribution in [2.24, 2.45) is 5.73 Å². The Morgan fingerprint density at radius 2 is 1.02 bits per heavy atom. The van der Waals surface area contributed by atoms with Crippen molar-refractivity contribution >= 4 is 40.3 Å². The van der Waals surface area contributed by atoms with E-state index in [4.69, 9.17) is 10.9 Å². The van der Waals surface area contributed by atoms with Gasteiger partial charge in [0.15, 0.2) is 0 Å². The summed E-state index contributed by atoms with van der Waals surface area (Å²) in [5.41, 5.74) is 8.30. The number of amides is 5. The van der Waals surface area contributed by atoms with Crippen LogP contribution in [0, 0.1) is 0 Å². The van der Waals surface area contributed by atoms with Gasteiger partial charge < -0.3 is 16.4 Å². The number of benzene rings is 2. The number of rotatable bonds is 19. The Bertz CT molecular complexity index is 1290. The van der Waals surface area contributed by atoms with E-state index in [0.717, 1.165) is 51.9 Å². The molecule has 4 rings (SSSR count). The first-order valence-corrected chi connectivity index (χ1v) is 15.3. The third kappa shape index (κ3) is 7.45. The average molecular weight is 595 g/mol. The van der Waals surface area contributed by atoms with Crippen molar-refractivity contribution in [1.82, 2.24) is 25.9 Å². The van der Waals surface area contributed by atoms with Gasteiger partial charge in [-0.15, -0.1) is 0 Å². The summed E-state index contributed by atoms with van der Waals surface area (Å²) >= 11 is 0. The van der Waals surface area contributed by atoms with Crippen molar-refractivity contribution in [2.45, 2.75) is 57.8 Å². The molecule has 2 aromatic carbocycles. The number of carbonyl (C=O) groups excluding carboxylic acids is 5. The van der Waals surface area contributed by atoms with Crippen molar-refractivity contribution in [3.63, 3.8) is 0 Å². The number of nitrogens with one attached hydrogen (secondary N) is 3. The van der Waals surface area contributed by atoms with Gasteiger partial charge in [0.1, 0.15) is 0 Å². The summed E-state index contributed by atoms with van der Waals surface area (Å²) in [4.78, 5) is 67.1. The first-order valence-electron chi connectivity index (χ1n) is 15.3. The molecule has 0 unspecified atom stereocenters. The van der Waals surface area contributed by atoms with E-state index in [2.05, 4.69) is 10.6 Å². The first-order chi connectivity index (χ1) is 20.9. The molecule has 2 aliphatic heterocycles. The van der Waals surface area contributed by atoms with Crippen LogP contribution in [0.5, 0.6) is 0 Å². The summed E-state index contributed by atoms with van der Waals surface area (Å²) in [5, 5.41) is 16.1. The molecule has 2 aliphatic rings. The molecule has 0 atom stereocenters. The van der Waals surface area contributed by atoms with Crippen LogP contribution in [0.25, 0.3) is 10.8 Å². The molecule has 12 heteroatoms. The highest BCUT2D eigenvalue weighted by atomic mass is 16.5. The van der Waals surface area contributed by atoms with Gasteiger partial charge in [0.05, 0.1) is 0 Å². The van der Waals surface area contributed by atoms with Gasteiger partial charge in [0, 0.05) is 52.5 Å². The molecule has 43 heavy (non-hydrogen) atoms. The van der Waals surface area contributed by atoms with E-state index in [0.29, 0.717) is 65.3 Å². The largest absolute Gasteiger partial charge is 0.330 e. The van der Waals surface area contributed by atoms with Crippen molar-refractivity contribution in [3.8, 4) is 0 Å². The fraction of sp³-hybridized carbons (Fsp3) is 0.516. The standard InChI is InChI=1S/C31H42N6O6/c32-14-3-4-15-33-16-5-6-17-34-18-8-20-37-30(41)23-12-10-21-26-22(11-13-24(27(23)26)31(37)42)29(40)36(28(21)39)19-7-1-2-9-25(38)35-43/h10-13,33-34,43H,1-9,14-20,32H2,(H,35,38). The molecule has 0 saturated carbocycles. The van der Waals surface area contributed by atoms with Gasteiger partial charge >= 0.3 is 0 Å². The predicted molar refractivity (Wildman–Crippen MR) is 161 cm³/mol. The molecule has 232 valence electrons. The summed E-state index contributed by atoms with van der Waals surface area (Å²) in [6.07, 6.45) is 6.59. The average Bonchev–Trinajstić information content (AvgIpc) is 3.01. The predicted octanol–water partition coefficient (Wildman–Crippen LogP) is 2.19. The second-order valence-electron chi connectivity index (χ2n) is 11.0. The maximum atomic E-state index is 13.4. The quantitative estimate of drug-likeness (QED) is 0.0707. The van der Waals surface area contributed by atoms with Gasteiger partial charge in [-0.25, -0.2) is 5.48 Å². The molecular weight excluding hydrogens is 552 g/mol. The third-order valence-electron chi connectivity index (χ3n) is 7.97. The fourth-order valence-electron chi connectivity index (χ4n) is 5.68. The summed E-state index contributed by atoms with van der Waals surface area (Å²) < 4.78 is 0. The lowest BCUT2D eigenvalue weighted by Gasteiger charge is -2.32. The van der Waals surface area contributed by atoms with Gasteiger partial charge in [0.25, 0.3) is 23.6 Å². The molecular formula is C31H42N6O6. The topological polar surface area (TPSA) is 174 Å². The molecule has 5 amide bonds. The lowest BCUT2D eigenvalue weighted by atomic mass is 9.86. The fourth-order valence-corrected chi connectivity index (χ4v) is 5.68. The van der Waals surface area contributed by atoms with Crippen molar-refractivity contribution in [1.29, 1.82) is 0 Å². The Labute approximate surface area is 251 Å². The third-order valence-corrected chi connectivity index (χ3v) is 7.97. The normalized spacial score (nSPS) is 14.3. The second kappa shape index (κ2) is 15.7. The molecule has 0 bridgehead atoms. The Balaban J connectivity index is 1.33. The van der Waals surface area contributed by atoms with Crippen LogP contribution in [0.15, 0.2) is 24.3 Å². The van der Waals surface area contributed by atoms with Crippen molar-refractivity contribution < 1.29 is 29.2 Å². The number of unbranched alkanes of at least 4 members (excludes halogenated alkanes) is 4. The highest BCUT2D eigenvalue weighted by Crippen LogP contribution is 2.37. The molecule has 0 fully saturated rings. The Morgan fingerprint density at radius 1 is 0.605 bits per heavy atom. The number of imide groups is 2. The van der Waals surface area contributed by atoms with Crippen LogP contribution in [0.4, 0.5) is 0 Å². The summed E-state index contributed by atoms with van der Waals surface area (Å²) in [5.74, 6) is -2.26. The van der Waals surface area contributed by atoms with Gasteiger partial charge in [-0.2, -0.15) is 0 Å². The Hall–Kier alpha value is -3.71. The summed E-state index contributed by atoms with van der Waals surface area (Å²) in [7, 11) is 0. The number of hydroxylamine groups is 1. The monoisotopic (exact) mass is 594 g/mol. The maximum Gasteiger partial charge on any atom is 0.261 e. The van der Waals surface area contributed by atoms with E-state index in [-0.39, 0.29) is 19.5 Å². The first kappa shape index (κ1) is 32.2. The smallest absolute Gasteiger partial charge is 0.261 e. The van der Waals surface area contributed by atoms with Crippen LogP contribution in [-0.4, -0.2) is 90.4 Å². The van der Waals surface area contributed by atoms with Gasteiger partial charge in [-0.1, -0.05) is 6.42 Å². The van der Waals surface area contributed by atoms with Gasteiger partial charge in [-0.3, -0.25) is 39.0 Å². The Kier molecular flexibility index (Phi) is 11.7. The molecule has 6 N–H and O–H groups in total. The van der Waals surface area contributed by atoms with E-state index in [1.165, 1.54) is 9.80 Å². The van der Waals surface area contributed by atoms with E-state index in [1.807, 2.05) is 0 Å². The van der Waals surface area contributed by atoms with Crippen LogP contribution in [-0.2, 0) is 4.79 Å². The van der Waals surface area contributed by atoms with E-state index < -0.39 is 29.5 Å². The maximum absolute atomic E-state index is 13.4. The molecule has 2 heterocycles. The zero-order valence-corrected chi connectivity index (χ0v) is 24.6. The van der Waals surface area contributed by atoms with Gasteiger partial charge in [0.2, 0.25) is 5.91 Å². The Morgan fingerprint density at radius 3 is 1.47 bits per heavy atom. The van der Waals surface area contributed by atoms with Crippen LogP contribution in [0.1, 0.15) is 99.2 Å². The molecule has 2 aromatic rings. The molecule has 12 nitrogen and oxygen atoms in total. The highest BCUT2D eigenvalue weighted by molar-refractivity contribution is 6.33. The van der Waals surface area contributed by atoms with Crippen LogP contribution in [0.3, 0.4) is 0 Å².